The van der Waals surface area contributed by atoms with E-state index in [2.05, 4.69) is 5.32 Å². The number of rotatable bonds is 1. The van der Waals surface area contributed by atoms with Crippen LogP contribution in [0.15, 0.2) is 0 Å². The molecule has 1 saturated carbocycles. The van der Waals surface area contributed by atoms with Crippen LogP contribution in [0.25, 0.3) is 0 Å². The first-order chi connectivity index (χ1) is 8.07. The number of hydrogen-bond donors (Lipinski definition) is 1. The first-order valence-corrected chi connectivity index (χ1v) is 8.15. The van der Waals surface area contributed by atoms with Crippen molar-refractivity contribution in [2.24, 2.45) is 0 Å². The highest BCUT2D eigenvalue weighted by Gasteiger charge is 2.24. The standard InChI is InChI=1S/C11H20N2O3S/c14-11(12-10-4-1-2-5-10)13-6-3-8-17(15,16)9-7-13/h10H,1-9H2,(H,12,14). The van der Waals surface area contributed by atoms with Gasteiger partial charge in [0.15, 0.2) is 9.84 Å². The minimum atomic E-state index is -2.93. The summed E-state index contributed by atoms with van der Waals surface area (Å²) in [6, 6.07) is 0.205. The average Bonchev–Trinajstić information content (AvgIpc) is 2.68. The Hall–Kier alpha value is -0.780. The van der Waals surface area contributed by atoms with E-state index in [1.807, 2.05) is 0 Å². The lowest BCUT2D eigenvalue weighted by molar-refractivity contribution is 0.198. The van der Waals surface area contributed by atoms with Crippen LogP contribution in [0.3, 0.4) is 0 Å². The number of carbonyl (C=O) groups excluding carboxylic acids is 1. The smallest absolute Gasteiger partial charge is 0.317 e. The molecule has 2 amide bonds. The molecule has 2 rings (SSSR count). The third-order valence-corrected chi connectivity index (χ3v) is 5.24. The molecule has 6 heteroatoms. The Morgan fingerprint density at radius 2 is 1.76 bits per heavy atom. The summed E-state index contributed by atoms with van der Waals surface area (Å²) >= 11 is 0. The van der Waals surface area contributed by atoms with Gasteiger partial charge in [0, 0.05) is 19.1 Å². The summed E-state index contributed by atoms with van der Waals surface area (Å²) in [7, 11) is -2.93. The summed E-state index contributed by atoms with van der Waals surface area (Å²) in [4.78, 5) is 13.6. The Morgan fingerprint density at radius 3 is 2.47 bits per heavy atom. The van der Waals surface area contributed by atoms with Crippen molar-refractivity contribution in [1.29, 1.82) is 0 Å². The minimum Gasteiger partial charge on any atom is -0.335 e. The lowest BCUT2D eigenvalue weighted by Gasteiger charge is -2.22. The van der Waals surface area contributed by atoms with Crippen molar-refractivity contribution in [1.82, 2.24) is 10.2 Å². The molecule has 0 aromatic heterocycles. The molecule has 2 aliphatic rings. The van der Waals surface area contributed by atoms with Gasteiger partial charge in [-0.05, 0) is 19.3 Å². The van der Waals surface area contributed by atoms with Gasteiger partial charge < -0.3 is 10.2 Å². The summed E-state index contributed by atoms with van der Waals surface area (Å²) in [5.74, 6) is 0.311. The average molecular weight is 260 g/mol. The largest absolute Gasteiger partial charge is 0.335 e. The maximum atomic E-state index is 11.9. The molecule has 5 nitrogen and oxygen atoms in total. The fraction of sp³-hybridized carbons (Fsp3) is 0.909. The molecule has 0 bridgehead atoms. The van der Waals surface area contributed by atoms with E-state index in [1.165, 1.54) is 12.8 Å². The molecule has 0 unspecified atom stereocenters. The topological polar surface area (TPSA) is 66.5 Å². The summed E-state index contributed by atoms with van der Waals surface area (Å²) in [5.41, 5.74) is 0. The van der Waals surface area contributed by atoms with Crippen LogP contribution in [-0.4, -0.2) is 50.0 Å². The van der Waals surface area contributed by atoms with Crippen LogP contribution in [-0.2, 0) is 9.84 Å². The van der Waals surface area contributed by atoms with Crippen LogP contribution in [0, 0.1) is 0 Å². The molecule has 0 atom stereocenters. The Kier molecular flexibility index (Phi) is 3.91. The van der Waals surface area contributed by atoms with Crippen LogP contribution in [0.1, 0.15) is 32.1 Å². The number of sulfone groups is 1. The van der Waals surface area contributed by atoms with Crippen LogP contribution in [0.5, 0.6) is 0 Å². The van der Waals surface area contributed by atoms with Crippen LogP contribution >= 0.6 is 0 Å². The Balaban J connectivity index is 1.86. The summed E-state index contributed by atoms with van der Waals surface area (Å²) in [6.07, 6.45) is 5.02. The van der Waals surface area contributed by atoms with Crippen molar-refractivity contribution in [3.8, 4) is 0 Å². The van der Waals surface area contributed by atoms with Gasteiger partial charge in [-0.25, -0.2) is 13.2 Å². The second-order valence-corrected chi connectivity index (χ2v) is 7.23. The lowest BCUT2D eigenvalue weighted by Crippen LogP contribution is -2.45. The van der Waals surface area contributed by atoms with Gasteiger partial charge in [-0.3, -0.25) is 0 Å². The summed E-state index contributed by atoms with van der Waals surface area (Å²) in [5, 5.41) is 3.00. The molecule has 0 aromatic carbocycles. The molecule has 1 aliphatic carbocycles. The number of carbonyl (C=O) groups is 1. The zero-order valence-corrected chi connectivity index (χ0v) is 10.8. The third kappa shape index (κ3) is 3.59. The molecule has 1 heterocycles. The molecule has 98 valence electrons. The Labute approximate surface area is 102 Å². The van der Waals surface area contributed by atoms with Gasteiger partial charge in [-0.2, -0.15) is 0 Å². The molecule has 0 spiro atoms. The lowest BCUT2D eigenvalue weighted by atomic mass is 10.2. The fourth-order valence-corrected chi connectivity index (χ4v) is 3.75. The van der Waals surface area contributed by atoms with Gasteiger partial charge in [0.1, 0.15) is 0 Å². The molecule has 1 N–H and O–H groups in total. The van der Waals surface area contributed by atoms with E-state index >= 15 is 0 Å². The number of nitrogens with zero attached hydrogens (tertiary/aromatic N) is 1. The molecule has 2 fully saturated rings. The highest BCUT2D eigenvalue weighted by Crippen LogP contribution is 2.18. The van der Waals surface area contributed by atoms with E-state index in [-0.39, 0.29) is 17.5 Å². The van der Waals surface area contributed by atoms with E-state index < -0.39 is 9.84 Å². The van der Waals surface area contributed by atoms with Gasteiger partial charge in [-0.15, -0.1) is 0 Å². The Bertz CT molecular complexity index is 374. The van der Waals surface area contributed by atoms with E-state index in [9.17, 15) is 13.2 Å². The van der Waals surface area contributed by atoms with Crippen molar-refractivity contribution in [3.63, 3.8) is 0 Å². The van der Waals surface area contributed by atoms with Gasteiger partial charge in [0.05, 0.1) is 11.5 Å². The SMILES string of the molecule is O=C(NC1CCCC1)N1CCCS(=O)(=O)CC1. The normalized spacial score (nSPS) is 25.5. The van der Waals surface area contributed by atoms with Crippen molar-refractivity contribution in [2.45, 2.75) is 38.1 Å². The molecule has 17 heavy (non-hydrogen) atoms. The summed E-state index contributed by atoms with van der Waals surface area (Å²) < 4.78 is 22.8. The fourth-order valence-electron chi connectivity index (χ4n) is 2.48. The quantitative estimate of drug-likeness (QED) is 0.757. The van der Waals surface area contributed by atoms with Crippen molar-refractivity contribution >= 4 is 15.9 Å². The molecular formula is C11H20N2O3S. The first-order valence-electron chi connectivity index (χ1n) is 6.33. The van der Waals surface area contributed by atoms with Crippen LogP contribution < -0.4 is 5.32 Å². The highest BCUT2D eigenvalue weighted by atomic mass is 32.2. The maximum Gasteiger partial charge on any atom is 0.317 e. The predicted octanol–water partition coefficient (Wildman–Crippen LogP) is 0.759. The highest BCUT2D eigenvalue weighted by molar-refractivity contribution is 7.91. The summed E-state index contributed by atoms with van der Waals surface area (Å²) in [6.45, 7) is 0.888. The van der Waals surface area contributed by atoms with Crippen molar-refractivity contribution < 1.29 is 13.2 Å². The first kappa shape index (κ1) is 12.7. The predicted molar refractivity (Wildman–Crippen MR) is 65.6 cm³/mol. The van der Waals surface area contributed by atoms with E-state index in [0.717, 1.165) is 12.8 Å². The molecule has 1 saturated heterocycles. The zero-order chi connectivity index (χ0) is 12.3. The number of nitrogens with one attached hydrogen (secondary N) is 1. The third-order valence-electron chi connectivity index (χ3n) is 3.53. The van der Waals surface area contributed by atoms with Gasteiger partial charge in [0.25, 0.3) is 0 Å². The zero-order valence-electron chi connectivity index (χ0n) is 10.0. The number of hydrogen-bond acceptors (Lipinski definition) is 3. The number of amides is 2. The number of urea groups is 1. The Morgan fingerprint density at radius 1 is 1.06 bits per heavy atom. The van der Waals surface area contributed by atoms with E-state index in [4.69, 9.17) is 0 Å². The van der Waals surface area contributed by atoms with E-state index in [1.54, 1.807) is 4.90 Å². The monoisotopic (exact) mass is 260 g/mol. The molecule has 0 aromatic rings. The maximum absolute atomic E-state index is 11.9. The second kappa shape index (κ2) is 5.25. The molecule has 0 radical (unpaired) electrons. The van der Waals surface area contributed by atoms with E-state index in [0.29, 0.717) is 25.6 Å². The van der Waals surface area contributed by atoms with Gasteiger partial charge >= 0.3 is 6.03 Å². The van der Waals surface area contributed by atoms with Gasteiger partial charge in [0.2, 0.25) is 0 Å². The van der Waals surface area contributed by atoms with Crippen LogP contribution in [0.4, 0.5) is 4.79 Å². The second-order valence-electron chi connectivity index (χ2n) is 4.92. The minimum absolute atomic E-state index is 0.0889. The molecule has 1 aliphatic heterocycles. The van der Waals surface area contributed by atoms with Crippen molar-refractivity contribution in [2.75, 3.05) is 24.6 Å². The van der Waals surface area contributed by atoms with Gasteiger partial charge in [-0.1, -0.05) is 12.8 Å². The molecular weight excluding hydrogens is 240 g/mol. The van der Waals surface area contributed by atoms with Crippen LogP contribution in [0.2, 0.25) is 0 Å². The van der Waals surface area contributed by atoms with Crippen molar-refractivity contribution in [3.05, 3.63) is 0 Å².